The van der Waals surface area contributed by atoms with Crippen LogP contribution in [0.3, 0.4) is 0 Å². The lowest BCUT2D eigenvalue weighted by Crippen LogP contribution is -2.38. The second-order valence-corrected chi connectivity index (χ2v) is 8.04. The van der Waals surface area contributed by atoms with E-state index < -0.39 is 0 Å². The molecule has 5 fully saturated rings. The Bertz CT molecular complexity index is 850. The molecule has 1 saturated carbocycles. The third kappa shape index (κ3) is 2.19. The lowest BCUT2D eigenvalue weighted by Gasteiger charge is -2.31. The van der Waals surface area contributed by atoms with Gasteiger partial charge in [0.2, 0.25) is 0 Å². The fraction of sp³-hybridized carbons (Fsp3) is 0.526. The predicted octanol–water partition coefficient (Wildman–Crippen LogP) is 1.70. The van der Waals surface area contributed by atoms with E-state index in [1.54, 1.807) is 12.4 Å². The van der Waals surface area contributed by atoms with Gasteiger partial charge in [-0.25, -0.2) is 9.97 Å². The minimum absolute atomic E-state index is 0.352. The number of anilines is 3. The van der Waals surface area contributed by atoms with E-state index in [4.69, 9.17) is 15.5 Å². The molecule has 2 N–H and O–H groups in total. The molecule has 2 atom stereocenters. The van der Waals surface area contributed by atoms with Gasteiger partial charge in [0.1, 0.15) is 17.5 Å². The van der Waals surface area contributed by atoms with Gasteiger partial charge in [0.25, 0.3) is 0 Å². The molecule has 6 heterocycles. The van der Waals surface area contributed by atoms with Crippen molar-refractivity contribution in [2.24, 2.45) is 5.92 Å². The second-order valence-electron chi connectivity index (χ2n) is 8.04. The molecule has 26 heavy (non-hydrogen) atoms. The largest absolute Gasteiger partial charge is 0.382 e. The molecule has 0 radical (unpaired) electrons. The Labute approximate surface area is 152 Å². The molecule has 5 aliphatic rings. The fourth-order valence-electron chi connectivity index (χ4n) is 4.92. The lowest BCUT2D eigenvalue weighted by molar-refractivity contribution is 0.0989. The van der Waals surface area contributed by atoms with E-state index in [0.717, 1.165) is 54.9 Å². The Hall–Kier alpha value is -2.41. The predicted molar refractivity (Wildman–Crippen MR) is 99.0 cm³/mol. The molecule has 0 spiro atoms. The Morgan fingerprint density at radius 3 is 2.35 bits per heavy atom. The number of nitrogens with zero attached hydrogens (tertiary/aromatic N) is 5. The summed E-state index contributed by atoms with van der Waals surface area (Å²) in [5, 5.41) is 0. The zero-order valence-corrected chi connectivity index (χ0v) is 14.6. The van der Waals surface area contributed by atoms with E-state index in [0.29, 0.717) is 24.0 Å². The third-order valence-corrected chi connectivity index (χ3v) is 6.36. The van der Waals surface area contributed by atoms with Gasteiger partial charge in [0.15, 0.2) is 0 Å². The van der Waals surface area contributed by atoms with Crippen molar-refractivity contribution in [3.63, 3.8) is 0 Å². The highest BCUT2D eigenvalue weighted by Crippen LogP contribution is 2.44. The fourth-order valence-corrected chi connectivity index (χ4v) is 4.92. The molecule has 7 heteroatoms. The maximum Gasteiger partial charge on any atom is 0.141 e. The second kappa shape index (κ2) is 5.30. The van der Waals surface area contributed by atoms with Gasteiger partial charge in [0, 0.05) is 24.7 Å². The summed E-state index contributed by atoms with van der Waals surface area (Å²) >= 11 is 0. The van der Waals surface area contributed by atoms with Gasteiger partial charge < -0.3 is 20.3 Å². The molecule has 0 unspecified atom stereocenters. The minimum Gasteiger partial charge on any atom is -0.382 e. The topological polar surface area (TPSA) is 80.4 Å². The number of hydrogen-bond donors (Lipinski definition) is 1. The Balaban J connectivity index is 1.43. The summed E-state index contributed by atoms with van der Waals surface area (Å²) < 4.78 is 5.77. The lowest BCUT2D eigenvalue weighted by atomic mass is 9.86. The van der Waals surface area contributed by atoms with Gasteiger partial charge >= 0.3 is 0 Å². The average Bonchev–Trinajstić information content (AvgIpc) is 3.41. The maximum atomic E-state index is 5.77. The van der Waals surface area contributed by atoms with E-state index >= 15 is 0 Å². The van der Waals surface area contributed by atoms with Gasteiger partial charge in [-0.15, -0.1) is 0 Å². The molecule has 2 aromatic rings. The molecular weight excluding hydrogens is 328 g/mol. The quantitative estimate of drug-likeness (QED) is 0.902. The molecule has 0 amide bonds. The van der Waals surface area contributed by atoms with Crippen molar-refractivity contribution in [2.45, 2.75) is 37.5 Å². The average molecular weight is 350 g/mol. The standard InChI is InChI=1S/C19H22N6O/c20-17-7-21-16(6-22-17)12-3-18(24-8-11-1-13(24)2-11)23-19(4-12)25-9-15-5-14(25)10-26-15/h3-4,6-7,11,13-15H,1-2,5,8-10H2,(H2,20,22)/t11?,13?,14-,15-/m0/s1. The van der Waals surface area contributed by atoms with Crippen molar-refractivity contribution in [1.29, 1.82) is 0 Å². The molecule has 4 saturated heterocycles. The van der Waals surface area contributed by atoms with Crippen molar-refractivity contribution in [3.8, 4) is 11.3 Å². The Morgan fingerprint density at radius 2 is 1.77 bits per heavy atom. The van der Waals surface area contributed by atoms with Crippen molar-refractivity contribution in [2.75, 3.05) is 35.2 Å². The maximum absolute atomic E-state index is 5.77. The summed E-state index contributed by atoms with van der Waals surface area (Å²) in [6, 6.07) is 5.41. The molecule has 2 aromatic heterocycles. The van der Waals surface area contributed by atoms with Crippen LogP contribution in [0.4, 0.5) is 17.5 Å². The normalized spacial score (nSPS) is 31.5. The van der Waals surface area contributed by atoms with Crippen LogP contribution in [-0.4, -0.2) is 52.8 Å². The van der Waals surface area contributed by atoms with Gasteiger partial charge in [0.05, 0.1) is 36.8 Å². The summed E-state index contributed by atoms with van der Waals surface area (Å²) in [5.74, 6) is 3.40. The van der Waals surface area contributed by atoms with Crippen LogP contribution in [0.1, 0.15) is 19.3 Å². The summed E-state index contributed by atoms with van der Waals surface area (Å²) in [6.45, 7) is 2.87. The number of ether oxygens (including phenoxy) is 1. The number of rotatable bonds is 3. The van der Waals surface area contributed by atoms with Crippen LogP contribution < -0.4 is 15.5 Å². The number of fused-ring (bicyclic) bond motifs is 3. The summed E-state index contributed by atoms with van der Waals surface area (Å²) in [4.78, 5) is 18.7. The Kier molecular flexibility index (Phi) is 3.00. The molecule has 7 nitrogen and oxygen atoms in total. The highest BCUT2D eigenvalue weighted by molar-refractivity contribution is 5.69. The zero-order valence-electron chi connectivity index (χ0n) is 14.6. The number of aromatic nitrogens is 3. The highest BCUT2D eigenvalue weighted by atomic mass is 16.5. The summed E-state index contributed by atoms with van der Waals surface area (Å²) in [7, 11) is 0. The van der Waals surface area contributed by atoms with E-state index in [1.165, 1.54) is 12.8 Å². The Morgan fingerprint density at radius 1 is 0.962 bits per heavy atom. The van der Waals surface area contributed by atoms with Gasteiger partial charge in [-0.05, 0) is 37.3 Å². The van der Waals surface area contributed by atoms with E-state index in [9.17, 15) is 0 Å². The first-order valence-corrected chi connectivity index (χ1v) is 9.48. The van der Waals surface area contributed by atoms with Crippen LogP contribution >= 0.6 is 0 Å². The minimum atomic E-state index is 0.352. The molecular formula is C19H22N6O. The molecule has 7 rings (SSSR count). The van der Waals surface area contributed by atoms with Crippen LogP contribution in [-0.2, 0) is 4.74 Å². The first-order chi connectivity index (χ1) is 12.7. The van der Waals surface area contributed by atoms with E-state index in [2.05, 4.69) is 31.9 Å². The number of morpholine rings is 1. The zero-order chi connectivity index (χ0) is 17.3. The number of nitrogen functional groups attached to an aromatic ring is 1. The van der Waals surface area contributed by atoms with Crippen LogP contribution in [0.15, 0.2) is 24.5 Å². The van der Waals surface area contributed by atoms with E-state index in [-0.39, 0.29) is 0 Å². The number of hydrogen-bond acceptors (Lipinski definition) is 7. The summed E-state index contributed by atoms with van der Waals surface area (Å²) in [5.41, 5.74) is 7.62. The van der Waals surface area contributed by atoms with Gasteiger partial charge in [-0.1, -0.05) is 0 Å². The number of nitrogens with two attached hydrogens (primary N) is 1. The summed E-state index contributed by atoms with van der Waals surface area (Å²) in [6.07, 6.45) is 7.45. The molecule has 1 aliphatic carbocycles. The van der Waals surface area contributed by atoms with Crippen molar-refractivity contribution >= 4 is 17.5 Å². The number of pyridine rings is 1. The van der Waals surface area contributed by atoms with Crippen molar-refractivity contribution < 1.29 is 4.74 Å². The van der Waals surface area contributed by atoms with Gasteiger partial charge in [-0.3, -0.25) is 4.98 Å². The molecule has 4 bridgehead atoms. The first-order valence-electron chi connectivity index (χ1n) is 9.48. The van der Waals surface area contributed by atoms with Crippen LogP contribution in [0.25, 0.3) is 11.3 Å². The molecule has 4 aliphatic heterocycles. The molecule has 134 valence electrons. The van der Waals surface area contributed by atoms with Crippen LogP contribution in [0, 0.1) is 5.92 Å². The van der Waals surface area contributed by atoms with Crippen molar-refractivity contribution in [1.82, 2.24) is 15.0 Å². The van der Waals surface area contributed by atoms with E-state index in [1.807, 2.05) is 0 Å². The smallest absolute Gasteiger partial charge is 0.141 e. The van der Waals surface area contributed by atoms with Gasteiger partial charge in [-0.2, -0.15) is 0 Å². The molecule has 0 aromatic carbocycles. The van der Waals surface area contributed by atoms with Crippen LogP contribution in [0.5, 0.6) is 0 Å². The van der Waals surface area contributed by atoms with Crippen molar-refractivity contribution in [3.05, 3.63) is 24.5 Å². The highest BCUT2D eigenvalue weighted by Gasteiger charge is 2.44. The third-order valence-electron chi connectivity index (χ3n) is 6.36. The SMILES string of the molecule is Nc1cnc(-c2cc(N3CC4CC3C4)nc(N3C[C@@H]4C[C@H]3CO4)c2)cn1. The first kappa shape index (κ1) is 14.7. The van der Waals surface area contributed by atoms with Crippen LogP contribution in [0.2, 0.25) is 0 Å². The monoisotopic (exact) mass is 350 g/mol.